The van der Waals surface area contributed by atoms with E-state index in [-0.39, 0.29) is 17.7 Å². The molecule has 30 heavy (non-hydrogen) atoms. The lowest BCUT2D eigenvalue weighted by molar-refractivity contribution is 0.0728. The van der Waals surface area contributed by atoms with Gasteiger partial charge in [0.1, 0.15) is 29.5 Å². The van der Waals surface area contributed by atoms with E-state index >= 15 is 4.39 Å². The Bertz CT molecular complexity index is 1080. The molecule has 3 aromatic rings. The summed E-state index contributed by atoms with van der Waals surface area (Å²) in [4.78, 5) is 17.4. The van der Waals surface area contributed by atoms with Crippen LogP contribution in [0.5, 0.6) is 11.5 Å². The van der Waals surface area contributed by atoms with E-state index in [0.29, 0.717) is 35.7 Å². The van der Waals surface area contributed by atoms with E-state index in [4.69, 9.17) is 9.47 Å². The number of para-hydroxylation sites is 1. The summed E-state index contributed by atoms with van der Waals surface area (Å²) >= 11 is 0. The van der Waals surface area contributed by atoms with Crippen molar-refractivity contribution in [1.82, 2.24) is 0 Å². The number of esters is 1. The second-order valence-electron chi connectivity index (χ2n) is 7.15. The molecule has 0 N–H and O–H groups in total. The highest BCUT2D eigenvalue weighted by molar-refractivity contribution is 6.04. The maximum Gasteiger partial charge on any atom is 0.347 e. The number of carbonyl (C=O) groups excluding carboxylic acids is 1. The molecular weight excluding hydrogens is 381 g/mol. The largest absolute Gasteiger partial charge is 0.488 e. The molecule has 0 spiro atoms. The van der Waals surface area contributed by atoms with Crippen LogP contribution in [0.15, 0.2) is 71.7 Å². The number of hydrogen-bond donors (Lipinski definition) is 0. The number of halogens is 1. The minimum Gasteiger partial charge on any atom is -0.488 e. The number of carbonyl (C=O) groups is 1. The number of ether oxygens (including phenoxy) is 2. The van der Waals surface area contributed by atoms with Crippen LogP contribution in [-0.2, 0) is 6.61 Å². The van der Waals surface area contributed by atoms with Gasteiger partial charge in [-0.15, -0.1) is 0 Å². The molecule has 0 atom stereocenters. The predicted octanol–water partition coefficient (Wildman–Crippen LogP) is 5.52. The lowest BCUT2D eigenvalue weighted by Gasteiger charge is -2.17. The minimum absolute atomic E-state index is 0.0923. The Morgan fingerprint density at radius 3 is 2.43 bits per heavy atom. The van der Waals surface area contributed by atoms with Crippen LogP contribution < -0.4 is 9.47 Å². The maximum atomic E-state index is 15.2. The topological polar surface area (TPSA) is 47.9 Å². The third kappa shape index (κ3) is 4.25. The van der Waals surface area contributed by atoms with Crippen molar-refractivity contribution in [3.8, 4) is 11.5 Å². The molecule has 0 saturated heterocycles. The van der Waals surface area contributed by atoms with E-state index in [1.807, 2.05) is 36.4 Å². The average molecular weight is 403 g/mol. The molecule has 152 valence electrons. The Hall–Kier alpha value is -3.47. The minimum atomic E-state index is -0.652. The Balaban J connectivity index is 1.72. The van der Waals surface area contributed by atoms with Gasteiger partial charge in [-0.2, -0.15) is 0 Å². The molecule has 1 aliphatic rings. The monoisotopic (exact) mass is 403 g/mol. The van der Waals surface area contributed by atoms with E-state index in [9.17, 15) is 4.79 Å². The van der Waals surface area contributed by atoms with Crippen molar-refractivity contribution < 1.29 is 18.7 Å². The SMILES string of the molecule is Cc1c(F)c(C2=NCCC2)cc(OCc2ccccc2)c1C(=O)Oc1ccccc1. The summed E-state index contributed by atoms with van der Waals surface area (Å²) in [6.07, 6.45) is 1.61. The van der Waals surface area contributed by atoms with Gasteiger partial charge in [0.15, 0.2) is 0 Å². The summed E-state index contributed by atoms with van der Waals surface area (Å²) in [7, 11) is 0. The van der Waals surface area contributed by atoms with Crippen LogP contribution in [-0.4, -0.2) is 18.2 Å². The first-order valence-corrected chi connectivity index (χ1v) is 9.94. The van der Waals surface area contributed by atoms with Crippen molar-refractivity contribution in [2.75, 3.05) is 6.54 Å². The molecule has 0 aliphatic carbocycles. The fraction of sp³-hybridized carbons (Fsp3) is 0.200. The molecule has 3 aromatic carbocycles. The summed E-state index contributed by atoms with van der Waals surface area (Å²) < 4.78 is 26.7. The van der Waals surface area contributed by atoms with Crippen molar-refractivity contribution in [1.29, 1.82) is 0 Å². The van der Waals surface area contributed by atoms with Crippen LogP contribution >= 0.6 is 0 Å². The van der Waals surface area contributed by atoms with Gasteiger partial charge < -0.3 is 9.47 Å². The summed E-state index contributed by atoms with van der Waals surface area (Å²) in [6.45, 7) is 2.51. The van der Waals surface area contributed by atoms with Gasteiger partial charge in [0.05, 0.1) is 0 Å². The second kappa shape index (κ2) is 8.91. The highest BCUT2D eigenvalue weighted by atomic mass is 19.1. The Labute approximate surface area is 175 Å². The van der Waals surface area contributed by atoms with Gasteiger partial charge >= 0.3 is 5.97 Å². The van der Waals surface area contributed by atoms with E-state index in [0.717, 1.165) is 12.0 Å². The first kappa shape index (κ1) is 19.8. The lowest BCUT2D eigenvalue weighted by Crippen LogP contribution is -2.16. The first-order chi connectivity index (χ1) is 14.6. The summed E-state index contributed by atoms with van der Waals surface area (Å²) in [6, 6.07) is 19.9. The van der Waals surface area contributed by atoms with Crippen LogP contribution in [0.4, 0.5) is 4.39 Å². The molecule has 0 unspecified atom stereocenters. The Morgan fingerprint density at radius 2 is 1.77 bits per heavy atom. The van der Waals surface area contributed by atoms with Crippen LogP contribution in [0.25, 0.3) is 0 Å². The van der Waals surface area contributed by atoms with Crippen LogP contribution in [0.1, 0.15) is 39.9 Å². The van der Waals surface area contributed by atoms with Crippen molar-refractivity contribution in [3.63, 3.8) is 0 Å². The average Bonchev–Trinajstić information content (AvgIpc) is 3.30. The summed E-state index contributed by atoms with van der Waals surface area (Å²) in [5.41, 5.74) is 2.34. The molecule has 4 rings (SSSR count). The van der Waals surface area contributed by atoms with Crippen LogP contribution in [0, 0.1) is 12.7 Å². The third-order valence-corrected chi connectivity index (χ3v) is 5.04. The Morgan fingerprint density at radius 1 is 1.07 bits per heavy atom. The standard InChI is InChI=1S/C25H22FNO3/c1-17-23(25(28)30-19-11-6-3-7-12-19)22(29-16-18-9-4-2-5-10-18)15-20(24(17)26)21-13-8-14-27-21/h2-7,9-12,15H,8,13-14,16H2,1H3. The quantitative estimate of drug-likeness (QED) is 0.402. The van der Waals surface area contributed by atoms with Gasteiger partial charge in [-0.05, 0) is 43.5 Å². The molecule has 0 amide bonds. The fourth-order valence-corrected chi connectivity index (χ4v) is 3.48. The van der Waals surface area contributed by atoms with Gasteiger partial charge in [0.25, 0.3) is 0 Å². The summed E-state index contributed by atoms with van der Waals surface area (Å²) in [5, 5.41) is 0. The molecule has 1 aliphatic heterocycles. The van der Waals surface area contributed by atoms with Gasteiger partial charge in [0, 0.05) is 23.4 Å². The van der Waals surface area contributed by atoms with Crippen LogP contribution in [0.3, 0.4) is 0 Å². The zero-order valence-corrected chi connectivity index (χ0v) is 16.7. The fourth-order valence-electron chi connectivity index (χ4n) is 3.48. The normalized spacial score (nSPS) is 13.1. The second-order valence-corrected chi connectivity index (χ2v) is 7.15. The van der Waals surface area contributed by atoms with Crippen molar-refractivity contribution >= 4 is 11.7 Å². The molecule has 0 radical (unpaired) electrons. The summed E-state index contributed by atoms with van der Waals surface area (Å²) in [5.74, 6) is -0.424. The van der Waals surface area contributed by atoms with Crippen molar-refractivity contribution in [3.05, 3.63) is 94.8 Å². The van der Waals surface area contributed by atoms with E-state index in [1.165, 1.54) is 0 Å². The van der Waals surface area contributed by atoms with Gasteiger partial charge in [-0.25, -0.2) is 9.18 Å². The maximum absolute atomic E-state index is 15.2. The number of rotatable bonds is 6. The van der Waals surface area contributed by atoms with E-state index in [1.54, 1.807) is 37.3 Å². The van der Waals surface area contributed by atoms with Crippen molar-refractivity contribution in [2.45, 2.75) is 26.4 Å². The zero-order valence-electron chi connectivity index (χ0n) is 16.7. The first-order valence-electron chi connectivity index (χ1n) is 9.94. The number of nitrogens with zero attached hydrogens (tertiary/aromatic N) is 1. The van der Waals surface area contributed by atoms with Crippen molar-refractivity contribution in [2.24, 2.45) is 4.99 Å². The number of hydrogen-bond acceptors (Lipinski definition) is 4. The van der Waals surface area contributed by atoms with E-state index in [2.05, 4.69) is 4.99 Å². The Kier molecular flexibility index (Phi) is 5.89. The molecule has 1 heterocycles. The third-order valence-electron chi connectivity index (χ3n) is 5.04. The molecule has 0 fully saturated rings. The zero-order chi connectivity index (χ0) is 20.9. The smallest absolute Gasteiger partial charge is 0.347 e. The highest BCUT2D eigenvalue weighted by Crippen LogP contribution is 2.31. The molecule has 0 aromatic heterocycles. The molecule has 5 heteroatoms. The number of aliphatic imine (C=N–C) groups is 1. The van der Waals surface area contributed by atoms with Crippen LogP contribution in [0.2, 0.25) is 0 Å². The lowest BCUT2D eigenvalue weighted by atomic mass is 9.98. The van der Waals surface area contributed by atoms with Gasteiger partial charge in [-0.1, -0.05) is 48.5 Å². The molecule has 0 saturated carbocycles. The molecule has 4 nitrogen and oxygen atoms in total. The predicted molar refractivity (Wildman–Crippen MR) is 114 cm³/mol. The molecular formula is C25H22FNO3. The molecule has 0 bridgehead atoms. The van der Waals surface area contributed by atoms with E-state index < -0.39 is 11.8 Å². The van der Waals surface area contributed by atoms with Gasteiger partial charge in [-0.3, -0.25) is 4.99 Å². The number of benzene rings is 3. The van der Waals surface area contributed by atoms with Gasteiger partial charge in [0.2, 0.25) is 0 Å². The highest BCUT2D eigenvalue weighted by Gasteiger charge is 2.26.